The minimum Gasteiger partial charge on any atom is -0.375 e. The predicted octanol–water partition coefficient (Wildman–Crippen LogP) is 2.89. The molecule has 2 aliphatic rings. The number of hydrogen-bond acceptors (Lipinski definition) is 4. The number of carbonyl (C=O) groups is 1. The Morgan fingerprint density at radius 1 is 1.36 bits per heavy atom. The van der Waals surface area contributed by atoms with Gasteiger partial charge in [0.1, 0.15) is 0 Å². The molecule has 5 nitrogen and oxygen atoms in total. The molecule has 1 aromatic heterocycles. The monoisotopic (exact) mass is 345 g/mol. The number of carbonyl (C=O) groups excluding carboxylic acids is 1. The summed E-state index contributed by atoms with van der Waals surface area (Å²) in [5.41, 5.74) is 1.50. The Labute approximate surface area is 151 Å². The van der Waals surface area contributed by atoms with Gasteiger partial charge in [-0.05, 0) is 57.8 Å². The molecule has 0 bridgehead atoms. The van der Waals surface area contributed by atoms with Crippen LogP contribution >= 0.6 is 0 Å². The molecule has 3 rings (SSSR count). The van der Waals surface area contributed by atoms with Crippen molar-refractivity contribution in [3.63, 3.8) is 0 Å². The van der Waals surface area contributed by atoms with Crippen LogP contribution in [-0.4, -0.2) is 65.1 Å². The van der Waals surface area contributed by atoms with Crippen molar-refractivity contribution in [1.29, 1.82) is 0 Å². The number of aromatic nitrogens is 1. The third-order valence-electron chi connectivity index (χ3n) is 5.99. The van der Waals surface area contributed by atoms with E-state index in [1.54, 1.807) is 6.20 Å². The van der Waals surface area contributed by atoms with Crippen LogP contribution in [0, 0.1) is 6.92 Å². The summed E-state index contributed by atoms with van der Waals surface area (Å²) >= 11 is 0. The van der Waals surface area contributed by atoms with Crippen LogP contribution < -0.4 is 0 Å². The molecule has 1 amide bonds. The zero-order chi connectivity index (χ0) is 17.9. The van der Waals surface area contributed by atoms with Gasteiger partial charge in [-0.1, -0.05) is 13.8 Å². The molecule has 2 fully saturated rings. The summed E-state index contributed by atoms with van der Waals surface area (Å²) in [6.45, 7) is 11.0. The van der Waals surface area contributed by atoms with E-state index in [1.807, 2.05) is 24.0 Å². The second-order valence-corrected chi connectivity index (χ2v) is 7.33. The highest BCUT2D eigenvalue weighted by Gasteiger charge is 2.42. The van der Waals surface area contributed by atoms with E-state index in [2.05, 4.69) is 23.7 Å². The van der Waals surface area contributed by atoms with Crippen LogP contribution in [0.2, 0.25) is 0 Å². The average molecular weight is 345 g/mol. The molecular formula is C20H31N3O2. The average Bonchev–Trinajstić information content (AvgIpc) is 2.63. The summed E-state index contributed by atoms with van der Waals surface area (Å²) in [5.74, 6) is 0.108. The van der Waals surface area contributed by atoms with Crippen LogP contribution in [0.1, 0.15) is 55.6 Å². The fourth-order valence-corrected chi connectivity index (χ4v) is 4.40. The van der Waals surface area contributed by atoms with E-state index in [0.29, 0.717) is 6.04 Å². The molecule has 5 heteroatoms. The summed E-state index contributed by atoms with van der Waals surface area (Å²) in [7, 11) is 0. The van der Waals surface area contributed by atoms with Crippen LogP contribution in [0.4, 0.5) is 0 Å². The lowest BCUT2D eigenvalue weighted by molar-refractivity contribution is -0.129. The van der Waals surface area contributed by atoms with Gasteiger partial charge in [0.2, 0.25) is 0 Å². The first-order chi connectivity index (χ1) is 12.1. The van der Waals surface area contributed by atoms with Gasteiger partial charge in [-0.2, -0.15) is 0 Å². The molecule has 1 spiro atoms. The first-order valence-electron chi connectivity index (χ1n) is 9.67. The van der Waals surface area contributed by atoms with Gasteiger partial charge in [0, 0.05) is 37.6 Å². The molecule has 1 atom stereocenters. The van der Waals surface area contributed by atoms with Crippen molar-refractivity contribution in [2.75, 3.05) is 32.8 Å². The summed E-state index contributed by atoms with van der Waals surface area (Å²) in [5, 5.41) is 0. The number of piperidine rings is 1. The summed E-state index contributed by atoms with van der Waals surface area (Å²) in [6, 6.07) is 4.33. The normalized spacial score (nSPS) is 23.2. The molecule has 0 aliphatic carbocycles. The minimum absolute atomic E-state index is 0.0354. The van der Waals surface area contributed by atoms with Gasteiger partial charge < -0.3 is 14.5 Å². The molecule has 25 heavy (non-hydrogen) atoms. The molecule has 3 heterocycles. The number of amides is 1. The smallest absolute Gasteiger partial charge is 0.255 e. The zero-order valence-corrected chi connectivity index (χ0v) is 15.8. The summed E-state index contributed by atoms with van der Waals surface area (Å²) < 4.78 is 6.26. The molecule has 0 aromatic carbocycles. The van der Waals surface area contributed by atoms with Gasteiger partial charge in [0.15, 0.2) is 0 Å². The lowest BCUT2D eigenvalue weighted by Crippen LogP contribution is -2.54. The zero-order valence-electron chi connectivity index (χ0n) is 15.8. The van der Waals surface area contributed by atoms with Crippen molar-refractivity contribution >= 4 is 5.91 Å². The second-order valence-electron chi connectivity index (χ2n) is 7.33. The van der Waals surface area contributed by atoms with Gasteiger partial charge in [-0.3, -0.25) is 9.78 Å². The molecule has 0 saturated carbocycles. The summed E-state index contributed by atoms with van der Waals surface area (Å²) in [4.78, 5) is 21.6. The standard InChI is InChI=1S/C20H31N3O2/c1-4-22(5-2)17-8-14-25-20(15-17)9-12-23(13-10-20)19(24)18-7-6-11-21-16(18)3/h6-7,11,17H,4-5,8-10,12-15H2,1-3H3. The Morgan fingerprint density at radius 3 is 2.72 bits per heavy atom. The SMILES string of the molecule is CCN(CC)C1CCOC2(CCN(C(=O)c3cccnc3C)CC2)C1. The molecule has 138 valence electrons. The number of rotatable bonds is 4. The molecule has 0 N–H and O–H groups in total. The van der Waals surface area contributed by atoms with Crippen molar-refractivity contribution in [3.8, 4) is 0 Å². The van der Waals surface area contributed by atoms with Crippen molar-refractivity contribution < 1.29 is 9.53 Å². The number of aryl methyl sites for hydroxylation is 1. The van der Waals surface area contributed by atoms with Gasteiger partial charge >= 0.3 is 0 Å². The molecule has 2 aliphatic heterocycles. The predicted molar refractivity (Wildman–Crippen MR) is 98.7 cm³/mol. The first-order valence-corrected chi connectivity index (χ1v) is 9.67. The number of pyridine rings is 1. The third-order valence-corrected chi connectivity index (χ3v) is 5.99. The molecule has 0 radical (unpaired) electrons. The molecule has 1 unspecified atom stereocenters. The number of ether oxygens (including phenoxy) is 1. The third kappa shape index (κ3) is 3.87. The minimum atomic E-state index is -0.0354. The number of hydrogen-bond donors (Lipinski definition) is 0. The largest absolute Gasteiger partial charge is 0.375 e. The van der Waals surface area contributed by atoms with E-state index >= 15 is 0 Å². The van der Waals surface area contributed by atoms with Crippen LogP contribution in [0.15, 0.2) is 18.3 Å². The van der Waals surface area contributed by atoms with Gasteiger partial charge in [-0.15, -0.1) is 0 Å². The Morgan fingerprint density at radius 2 is 2.08 bits per heavy atom. The van der Waals surface area contributed by atoms with Crippen molar-refractivity contribution in [2.45, 2.75) is 58.1 Å². The van der Waals surface area contributed by atoms with Crippen molar-refractivity contribution in [1.82, 2.24) is 14.8 Å². The Balaban J connectivity index is 1.63. The van der Waals surface area contributed by atoms with Crippen molar-refractivity contribution in [2.24, 2.45) is 0 Å². The fourth-order valence-electron chi connectivity index (χ4n) is 4.40. The highest BCUT2D eigenvalue weighted by molar-refractivity contribution is 5.95. The Bertz CT molecular complexity index is 592. The molecule has 1 aromatic rings. The quantitative estimate of drug-likeness (QED) is 0.842. The lowest BCUT2D eigenvalue weighted by atomic mass is 9.81. The second kappa shape index (κ2) is 7.83. The lowest BCUT2D eigenvalue weighted by Gasteiger charge is -2.48. The van der Waals surface area contributed by atoms with Crippen LogP contribution in [0.5, 0.6) is 0 Å². The van der Waals surface area contributed by atoms with Gasteiger partial charge in [-0.25, -0.2) is 0 Å². The molecular weight excluding hydrogens is 314 g/mol. The Hall–Kier alpha value is -1.46. The van der Waals surface area contributed by atoms with E-state index in [1.165, 1.54) is 0 Å². The maximum atomic E-state index is 12.8. The maximum Gasteiger partial charge on any atom is 0.255 e. The first kappa shape index (κ1) is 18.3. The molecule has 2 saturated heterocycles. The van der Waals surface area contributed by atoms with Crippen LogP contribution in [0.25, 0.3) is 0 Å². The van der Waals surface area contributed by atoms with E-state index in [-0.39, 0.29) is 11.5 Å². The van der Waals surface area contributed by atoms with Gasteiger partial charge in [0.05, 0.1) is 11.2 Å². The number of nitrogens with zero attached hydrogens (tertiary/aromatic N) is 3. The maximum absolute atomic E-state index is 12.8. The highest BCUT2D eigenvalue weighted by Crippen LogP contribution is 2.37. The fraction of sp³-hybridized carbons (Fsp3) is 0.700. The van der Waals surface area contributed by atoms with E-state index < -0.39 is 0 Å². The topological polar surface area (TPSA) is 45.7 Å². The number of likely N-dealkylation sites (tertiary alicyclic amines) is 1. The van der Waals surface area contributed by atoms with Gasteiger partial charge in [0.25, 0.3) is 5.91 Å². The van der Waals surface area contributed by atoms with Crippen LogP contribution in [-0.2, 0) is 4.74 Å². The summed E-state index contributed by atoms with van der Waals surface area (Å²) in [6.07, 6.45) is 5.84. The van der Waals surface area contributed by atoms with Crippen molar-refractivity contribution in [3.05, 3.63) is 29.6 Å². The Kier molecular flexibility index (Phi) is 5.74. The van der Waals surface area contributed by atoms with Crippen LogP contribution in [0.3, 0.4) is 0 Å². The van der Waals surface area contributed by atoms with E-state index in [9.17, 15) is 4.79 Å². The highest BCUT2D eigenvalue weighted by atomic mass is 16.5. The van der Waals surface area contributed by atoms with E-state index in [4.69, 9.17) is 4.74 Å². The van der Waals surface area contributed by atoms with E-state index in [0.717, 1.165) is 69.7 Å².